The largest absolute Gasteiger partial charge is 0.493 e. The molecule has 0 spiro atoms. The van der Waals surface area contributed by atoms with E-state index in [1.807, 2.05) is 55.5 Å². The highest BCUT2D eigenvalue weighted by atomic mass is 35.5. The summed E-state index contributed by atoms with van der Waals surface area (Å²) in [5, 5.41) is 4.97. The van der Waals surface area contributed by atoms with Crippen molar-refractivity contribution >= 4 is 39.1 Å². The highest BCUT2D eigenvalue weighted by Crippen LogP contribution is 2.48. The van der Waals surface area contributed by atoms with Crippen molar-refractivity contribution in [3.63, 3.8) is 0 Å². The molecule has 2 unspecified atom stereocenters. The number of amidine groups is 1. The van der Waals surface area contributed by atoms with Gasteiger partial charge in [-0.1, -0.05) is 47.5 Å². The molecule has 0 aliphatic carbocycles. The Labute approximate surface area is 234 Å². The van der Waals surface area contributed by atoms with Gasteiger partial charge in [-0.15, -0.1) is 0 Å². The molecule has 0 bridgehead atoms. The van der Waals surface area contributed by atoms with Gasteiger partial charge in [0.25, 0.3) is 0 Å². The van der Waals surface area contributed by atoms with Crippen LogP contribution in [0.5, 0.6) is 5.75 Å². The summed E-state index contributed by atoms with van der Waals surface area (Å²) >= 11 is 12.4. The number of hydrogen-bond acceptors (Lipinski definition) is 5. The van der Waals surface area contributed by atoms with Crippen molar-refractivity contribution < 1.29 is 13.2 Å². The maximum absolute atomic E-state index is 13.3. The Kier molecular flexibility index (Phi) is 7.24. The minimum atomic E-state index is -3.59. The number of halogens is 2. The summed E-state index contributed by atoms with van der Waals surface area (Å²) in [6.07, 6.45) is 1.76. The van der Waals surface area contributed by atoms with E-state index >= 15 is 0 Å². The predicted molar refractivity (Wildman–Crippen MR) is 153 cm³/mol. The zero-order chi connectivity index (χ0) is 27.1. The number of hydrogen-bond donors (Lipinski definition) is 1. The third-order valence-electron chi connectivity index (χ3n) is 7.72. The van der Waals surface area contributed by atoms with Crippen LogP contribution in [0, 0.1) is 0 Å². The van der Waals surface area contributed by atoms with E-state index in [1.54, 1.807) is 18.2 Å². The van der Waals surface area contributed by atoms with Gasteiger partial charge >= 0.3 is 0 Å². The summed E-state index contributed by atoms with van der Waals surface area (Å²) in [6.45, 7) is 7.54. The van der Waals surface area contributed by atoms with Gasteiger partial charge in [0.15, 0.2) is 0 Å². The lowest BCUT2D eigenvalue weighted by molar-refractivity contribution is 0.268. The number of ether oxygens (including phenoxy) is 1. The summed E-state index contributed by atoms with van der Waals surface area (Å²) in [5.74, 6) is 1.09. The summed E-state index contributed by atoms with van der Waals surface area (Å²) in [5.41, 5.74) is 1.29. The maximum Gasteiger partial charge on any atom is 0.243 e. The quantitative estimate of drug-likeness (QED) is 0.358. The van der Waals surface area contributed by atoms with Gasteiger partial charge in [-0.3, -0.25) is 4.99 Å². The second-order valence-corrected chi connectivity index (χ2v) is 12.8. The van der Waals surface area contributed by atoms with Gasteiger partial charge in [0, 0.05) is 29.2 Å². The molecule has 3 aromatic carbocycles. The second kappa shape index (κ2) is 10.2. The van der Waals surface area contributed by atoms with Crippen LogP contribution in [0.15, 0.2) is 76.6 Å². The number of nitrogens with one attached hydrogen (secondary N) is 1. The van der Waals surface area contributed by atoms with E-state index in [0.717, 1.165) is 24.0 Å². The van der Waals surface area contributed by atoms with Gasteiger partial charge < -0.3 is 10.1 Å². The third-order valence-corrected chi connectivity index (χ3v) is 10.1. The fourth-order valence-corrected chi connectivity index (χ4v) is 7.11. The lowest BCUT2D eigenvalue weighted by atomic mass is 9.72. The number of aliphatic imine (C=N–C) groups is 1. The second-order valence-electron chi connectivity index (χ2n) is 10.00. The molecule has 2 atom stereocenters. The number of benzene rings is 3. The van der Waals surface area contributed by atoms with Crippen LogP contribution in [0.2, 0.25) is 10.0 Å². The summed E-state index contributed by atoms with van der Waals surface area (Å²) in [7, 11) is -3.59. The standard InChI is InChI=1S/C29H31Cl2N3O3S/c1-4-37-26-19-24(38(35,36)34-17-5-6-18-34)15-16-25(26)27-32-28(2,20-7-11-22(30)12-8-20)29(3,33-27)21-9-13-23(31)14-10-21/h7-16,19H,4-6,17-18H2,1-3H3,(H,32,33). The summed E-state index contributed by atoms with van der Waals surface area (Å²) < 4.78 is 34.0. The van der Waals surface area contributed by atoms with Crippen molar-refractivity contribution in [3.8, 4) is 5.75 Å². The Morgan fingerprint density at radius 1 is 0.921 bits per heavy atom. The minimum absolute atomic E-state index is 0.228. The van der Waals surface area contributed by atoms with Crippen molar-refractivity contribution in [1.29, 1.82) is 0 Å². The van der Waals surface area contributed by atoms with Crippen LogP contribution in [-0.4, -0.2) is 38.3 Å². The topological polar surface area (TPSA) is 71.0 Å². The average Bonchev–Trinajstić information content (AvgIpc) is 3.53. The van der Waals surface area contributed by atoms with Crippen LogP contribution < -0.4 is 10.1 Å². The van der Waals surface area contributed by atoms with E-state index in [1.165, 1.54) is 4.31 Å². The van der Waals surface area contributed by atoms with Crippen molar-refractivity contribution in [2.24, 2.45) is 4.99 Å². The average molecular weight is 573 g/mol. The monoisotopic (exact) mass is 571 g/mol. The molecule has 200 valence electrons. The molecule has 0 aromatic heterocycles. The molecule has 1 saturated heterocycles. The van der Waals surface area contributed by atoms with E-state index in [-0.39, 0.29) is 4.90 Å². The molecule has 5 rings (SSSR count). The summed E-state index contributed by atoms with van der Waals surface area (Å²) in [6, 6.07) is 20.5. The Balaban J connectivity index is 1.63. The molecular weight excluding hydrogens is 541 g/mol. The van der Waals surface area contributed by atoms with Crippen LogP contribution in [0.1, 0.15) is 50.3 Å². The van der Waals surface area contributed by atoms with Crippen molar-refractivity contribution in [3.05, 3.63) is 93.5 Å². The normalized spacial score (nSPS) is 23.8. The first-order valence-electron chi connectivity index (χ1n) is 12.8. The number of sulfonamides is 1. The molecule has 1 fully saturated rings. The van der Waals surface area contributed by atoms with Gasteiger partial charge in [-0.05, 0) is 81.1 Å². The molecule has 38 heavy (non-hydrogen) atoms. The van der Waals surface area contributed by atoms with Crippen LogP contribution >= 0.6 is 23.2 Å². The van der Waals surface area contributed by atoms with Crippen LogP contribution in [-0.2, 0) is 21.1 Å². The molecule has 0 amide bonds. The van der Waals surface area contributed by atoms with Crippen molar-refractivity contribution in [2.45, 2.75) is 49.6 Å². The molecule has 6 nitrogen and oxygen atoms in total. The Morgan fingerprint density at radius 2 is 1.50 bits per heavy atom. The van der Waals surface area contributed by atoms with E-state index in [2.05, 4.69) is 19.2 Å². The maximum atomic E-state index is 13.3. The predicted octanol–water partition coefficient (Wildman–Crippen LogP) is 6.36. The fourth-order valence-electron chi connectivity index (χ4n) is 5.32. The Morgan fingerprint density at radius 3 is 2.08 bits per heavy atom. The minimum Gasteiger partial charge on any atom is -0.493 e. The first-order valence-corrected chi connectivity index (χ1v) is 15.0. The SMILES string of the molecule is CCOc1cc(S(=O)(=O)N2CCCC2)ccc1C1=NC(C)(c2ccc(Cl)cc2)C(C)(c2ccc(Cl)cc2)N1. The van der Waals surface area contributed by atoms with Crippen molar-refractivity contribution in [1.82, 2.24) is 9.62 Å². The van der Waals surface area contributed by atoms with Gasteiger partial charge in [0.2, 0.25) is 10.0 Å². The van der Waals surface area contributed by atoms with Crippen LogP contribution in [0.4, 0.5) is 0 Å². The van der Waals surface area contributed by atoms with Gasteiger partial charge in [-0.25, -0.2) is 8.42 Å². The molecule has 9 heteroatoms. The Hall–Kier alpha value is -2.58. The molecule has 2 aliphatic rings. The molecule has 3 aromatic rings. The molecule has 2 heterocycles. The first kappa shape index (κ1) is 27.0. The zero-order valence-electron chi connectivity index (χ0n) is 21.7. The lowest BCUT2D eigenvalue weighted by Gasteiger charge is -2.40. The van der Waals surface area contributed by atoms with E-state index in [4.69, 9.17) is 32.9 Å². The number of rotatable bonds is 7. The lowest BCUT2D eigenvalue weighted by Crippen LogP contribution is -2.50. The Bertz CT molecular complexity index is 1470. The molecular formula is C29H31Cl2N3O3S. The van der Waals surface area contributed by atoms with Gasteiger partial charge in [0.05, 0.1) is 22.6 Å². The summed E-state index contributed by atoms with van der Waals surface area (Å²) in [4.78, 5) is 5.47. The van der Waals surface area contributed by atoms with Gasteiger partial charge in [-0.2, -0.15) is 4.31 Å². The fraction of sp³-hybridized carbons (Fsp3) is 0.345. The molecule has 0 saturated carbocycles. The highest BCUT2D eigenvalue weighted by molar-refractivity contribution is 7.89. The van der Waals surface area contributed by atoms with E-state index in [9.17, 15) is 8.42 Å². The highest BCUT2D eigenvalue weighted by Gasteiger charge is 2.52. The molecule has 0 radical (unpaired) electrons. The molecule has 1 N–H and O–H groups in total. The first-order chi connectivity index (χ1) is 18.1. The van der Waals surface area contributed by atoms with E-state index in [0.29, 0.717) is 46.9 Å². The van der Waals surface area contributed by atoms with Crippen LogP contribution in [0.3, 0.4) is 0 Å². The van der Waals surface area contributed by atoms with Gasteiger partial charge in [0.1, 0.15) is 17.1 Å². The third kappa shape index (κ3) is 4.60. The number of nitrogens with zero attached hydrogens (tertiary/aromatic N) is 2. The van der Waals surface area contributed by atoms with Crippen molar-refractivity contribution in [2.75, 3.05) is 19.7 Å². The van der Waals surface area contributed by atoms with E-state index < -0.39 is 21.1 Å². The zero-order valence-corrected chi connectivity index (χ0v) is 24.0. The smallest absolute Gasteiger partial charge is 0.243 e. The molecule has 2 aliphatic heterocycles. The van der Waals surface area contributed by atoms with Crippen LogP contribution in [0.25, 0.3) is 0 Å².